The van der Waals surface area contributed by atoms with Crippen molar-refractivity contribution in [1.29, 1.82) is 0 Å². The Bertz CT molecular complexity index is 949. The molecule has 1 aromatic carbocycles. The Balaban J connectivity index is 1.75. The highest BCUT2D eigenvalue weighted by molar-refractivity contribution is 7.89. The lowest BCUT2D eigenvalue weighted by Gasteiger charge is -2.31. The summed E-state index contributed by atoms with van der Waals surface area (Å²) in [5.41, 5.74) is 0.905. The zero-order valence-electron chi connectivity index (χ0n) is 17.2. The molecule has 0 aliphatic heterocycles. The van der Waals surface area contributed by atoms with Crippen molar-refractivity contribution in [1.82, 2.24) is 24.4 Å². The molecule has 3 rings (SSSR count). The summed E-state index contributed by atoms with van der Waals surface area (Å²) in [7, 11) is -1.81. The normalized spacial score (nSPS) is 15.7. The van der Waals surface area contributed by atoms with E-state index in [0.717, 1.165) is 30.5 Å². The van der Waals surface area contributed by atoms with Gasteiger partial charge in [-0.25, -0.2) is 8.42 Å². The molecule has 0 unspecified atom stereocenters. The predicted molar refractivity (Wildman–Crippen MR) is 109 cm³/mol. The standard InChI is InChI=1S/C19H29N5O4S/c1-4-23(5-2)29(26,27)16-11-12-17-18(13-16)24(21-20-17)28-14-19(25)22(3)15-9-7-6-8-10-15/h11-13,15H,4-10,14H2,1-3H3. The van der Waals surface area contributed by atoms with Crippen LogP contribution in [0.4, 0.5) is 0 Å². The fourth-order valence-corrected chi connectivity index (χ4v) is 5.22. The van der Waals surface area contributed by atoms with E-state index in [0.29, 0.717) is 24.1 Å². The van der Waals surface area contributed by atoms with Crippen LogP contribution < -0.4 is 4.84 Å². The van der Waals surface area contributed by atoms with Crippen molar-refractivity contribution < 1.29 is 18.0 Å². The van der Waals surface area contributed by atoms with E-state index in [4.69, 9.17) is 4.84 Å². The van der Waals surface area contributed by atoms with E-state index in [1.807, 2.05) is 0 Å². The monoisotopic (exact) mass is 423 g/mol. The lowest BCUT2D eigenvalue weighted by Crippen LogP contribution is -2.41. The molecule has 0 saturated heterocycles. The summed E-state index contributed by atoms with van der Waals surface area (Å²) in [6.45, 7) is 4.17. The molecule has 0 radical (unpaired) electrons. The molecule has 1 amide bonds. The molecule has 1 heterocycles. The van der Waals surface area contributed by atoms with Crippen LogP contribution in [-0.2, 0) is 14.8 Å². The molecule has 9 nitrogen and oxygen atoms in total. The number of carbonyl (C=O) groups excluding carboxylic acids is 1. The van der Waals surface area contributed by atoms with Crippen molar-refractivity contribution in [2.24, 2.45) is 0 Å². The molecule has 1 aromatic heterocycles. The van der Waals surface area contributed by atoms with E-state index in [1.54, 1.807) is 31.9 Å². The van der Waals surface area contributed by atoms with Crippen molar-refractivity contribution in [3.05, 3.63) is 18.2 Å². The molecular weight excluding hydrogens is 394 g/mol. The number of hydrogen-bond acceptors (Lipinski definition) is 6. The molecule has 0 atom stereocenters. The first-order valence-corrected chi connectivity index (χ1v) is 11.6. The van der Waals surface area contributed by atoms with E-state index < -0.39 is 10.0 Å². The Hall–Kier alpha value is -2.20. The first-order valence-electron chi connectivity index (χ1n) is 10.1. The molecule has 1 fully saturated rings. The van der Waals surface area contributed by atoms with Crippen molar-refractivity contribution in [2.45, 2.75) is 56.9 Å². The zero-order chi connectivity index (χ0) is 21.0. The van der Waals surface area contributed by atoms with E-state index >= 15 is 0 Å². The second-order valence-corrected chi connectivity index (χ2v) is 9.21. The van der Waals surface area contributed by atoms with Gasteiger partial charge in [-0.05, 0) is 36.3 Å². The summed E-state index contributed by atoms with van der Waals surface area (Å²) in [5, 5.41) is 7.91. The van der Waals surface area contributed by atoms with Gasteiger partial charge in [0.2, 0.25) is 10.0 Å². The smallest absolute Gasteiger partial charge is 0.263 e. The van der Waals surface area contributed by atoms with Gasteiger partial charge in [-0.15, -0.1) is 5.10 Å². The number of likely N-dealkylation sites (N-methyl/N-ethyl adjacent to an activating group) is 1. The number of carbonyl (C=O) groups is 1. The molecule has 1 aliphatic carbocycles. The molecule has 1 saturated carbocycles. The van der Waals surface area contributed by atoms with Gasteiger partial charge in [0.25, 0.3) is 5.91 Å². The van der Waals surface area contributed by atoms with Crippen LogP contribution in [0.5, 0.6) is 0 Å². The van der Waals surface area contributed by atoms with Gasteiger partial charge in [-0.2, -0.15) is 4.31 Å². The molecule has 0 N–H and O–H groups in total. The first-order chi connectivity index (χ1) is 13.9. The quantitative estimate of drug-likeness (QED) is 0.641. The highest BCUT2D eigenvalue weighted by atomic mass is 32.2. The van der Waals surface area contributed by atoms with Gasteiger partial charge in [0, 0.05) is 26.2 Å². The summed E-state index contributed by atoms with van der Waals surface area (Å²) in [5.74, 6) is -0.132. The SMILES string of the molecule is CCN(CC)S(=O)(=O)c1ccc2nnn(OCC(=O)N(C)C3CCCCC3)c2c1. The van der Waals surface area contributed by atoms with Crippen LogP contribution in [0.2, 0.25) is 0 Å². The number of benzene rings is 1. The largest absolute Gasteiger partial charge is 0.385 e. The lowest BCUT2D eigenvalue weighted by atomic mass is 9.94. The Kier molecular flexibility index (Phi) is 6.74. The third-order valence-electron chi connectivity index (χ3n) is 5.56. The fraction of sp³-hybridized carbons (Fsp3) is 0.632. The number of hydrogen-bond donors (Lipinski definition) is 0. The third-order valence-corrected chi connectivity index (χ3v) is 7.60. The van der Waals surface area contributed by atoms with E-state index in [2.05, 4.69) is 10.3 Å². The second kappa shape index (κ2) is 9.08. The van der Waals surface area contributed by atoms with Gasteiger partial charge in [-0.3, -0.25) is 4.79 Å². The summed E-state index contributed by atoms with van der Waals surface area (Å²) >= 11 is 0. The Morgan fingerprint density at radius 1 is 1.21 bits per heavy atom. The Morgan fingerprint density at radius 3 is 2.55 bits per heavy atom. The van der Waals surface area contributed by atoms with Crippen LogP contribution in [-0.4, -0.2) is 71.5 Å². The molecule has 0 spiro atoms. The Labute approximate surface area is 171 Å². The maximum Gasteiger partial charge on any atom is 0.263 e. The van der Waals surface area contributed by atoms with Crippen molar-refractivity contribution >= 4 is 27.0 Å². The maximum atomic E-state index is 12.8. The molecule has 10 heteroatoms. The number of fused-ring (bicyclic) bond motifs is 1. The number of sulfonamides is 1. The minimum absolute atomic E-state index is 0.132. The minimum Gasteiger partial charge on any atom is -0.385 e. The highest BCUT2D eigenvalue weighted by Gasteiger charge is 2.24. The molecule has 1 aliphatic rings. The number of rotatable bonds is 8. The zero-order valence-corrected chi connectivity index (χ0v) is 18.1. The topological polar surface area (TPSA) is 97.6 Å². The maximum absolute atomic E-state index is 12.8. The van der Waals surface area contributed by atoms with Gasteiger partial charge in [0.15, 0.2) is 6.61 Å². The highest BCUT2D eigenvalue weighted by Crippen LogP contribution is 2.22. The number of nitrogens with zero attached hydrogens (tertiary/aromatic N) is 5. The minimum atomic E-state index is -3.61. The summed E-state index contributed by atoms with van der Waals surface area (Å²) < 4.78 is 26.9. The van der Waals surface area contributed by atoms with Crippen molar-refractivity contribution in [3.8, 4) is 0 Å². The van der Waals surface area contributed by atoms with Crippen LogP contribution in [0.25, 0.3) is 11.0 Å². The lowest BCUT2D eigenvalue weighted by molar-refractivity contribution is -0.138. The van der Waals surface area contributed by atoms with E-state index in [1.165, 1.54) is 22.9 Å². The molecule has 29 heavy (non-hydrogen) atoms. The van der Waals surface area contributed by atoms with Gasteiger partial charge < -0.3 is 9.74 Å². The summed E-state index contributed by atoms with van der Waals surface area (Å²) in [4.78, 5) is 21.1. The van der Waals surface area contributed by atoms with Gasteiger partial charge in [-0.1, -0.05) is 38.0 Å². The second-order valence-electron chi connectivity index (χ2n) is 7.27. The summed E-state index contributed by atoms with van der Waals surface area (Å²) in [6, 6.07) is 4.84. The van der Waals surface area contributed by atoms with E-state index in [-0.39, 0.29) is 23.5 Å². The van der Waals surface area contributed by atoms with Crippen LogP contribution in [0.3, 0.4) is 0 Å². The van der Waals surface area contributed by atoms with Gasteiger partial charge >= 0.3 is 0 Å². The average Bonchev–Trinajstić information content (AvgIpc) is 3.15. The van der Waals surface area contributed by atoms with Crippen LogP contribution >= 0.6 is 0 Å². The van der Waals surface area contributed by atoms with Crippen molar-refractivity contribution in [2.75, 3.05) is 26.7 Å². The molecule has 160 valence electrons. The average molecular weight is 424 g/mol. The molecule has 2 aromatic rings. The first kappa shape index (κ1) is 21.5. The predicted octanol–water partition coefficient (Wildman–Crippen LogP) is 1.68. The fourth-order valence-electron chi connectivity index (χ4n) is 3.74. The van der Waals surface area contributed by atoms with Gasteiger partial charge in [0.1, 0.15) is 11.0 Å². The van der Waals surface area contributed by atoms with Crippen LogP contribution in [0.15, 0.2) is 23.1 Å². The molecular formula is C19H29N5O4S. The van der Waals surface area contributed by atoms with Crippen LogP contribution in [0.1, 0.15) is 46.0 Å². The third kappa shape index (κ3) is 4.53. The molecule has 0 bridgehead atoms. The van der Waals surface area contributed by atoms with E-state index in [9.17, 15) is 13.2 Å². The van der Waals surface area contributed by atoms with Crippen molar-refractivity contribution in [3.63, 3.8) is 0 Å². The van der Waals surface area contributed by atoms with Gasteiger partial charge in [0.05, 0.1) is 4.90 Å². The number of aromatic nitrogens is 3. The van der Waals surface area contributed by atoms with Crippen LogP contribution in [0, 0.1) is 0 Å². The summed E-state index contributed by atoms with van der Waals surface area (Å²) in [6.07, 6.45) is 5.53. The number of amides is 1. The Morgan fingerprint density at radius 2 is 1.90 bits per heavy atom.